The number of fused-ring (bicyclic) bond motifs is 15. The number of aromatic nitrogens is 4. The van der Waals surface area contributed by atoms with Crippen LogP contribution < -0.4 is 0 Å². The Morgan fingerprint density at radius 2 is 1.60 bits per heavy atom. The first-order valence-corrected chi connectivity index (χ1v) is 12.0. The molecule has 0 amide bonds. The van der Waals surface area contributed by atoms with Crippen molar-refractivity contribution in [3.05, 3.63) is 108 Å². The highest BCUT2D eigenvalue weighted by molar-refractivity contribution is 6.16. The third kappa shape index (κ3) is 2.15. The van der Waals surface area contributed by atoms with Gasteiger partial charge < -0.3 is 0 Å². The van der Waals surface area contributed by atoms with Crippen LogP contribution in [-0.2, 0) is 12.8 Å². The number of nitrogens with zero attached hydrogens (tertiary/aromatic N) is 4. The van der Waals surface area contributed by atoms with E-state index in [4.69, 9.17) is 9.97 Å². The van der Waals surface area contributed by atoms with E-state index >= 15 is 0 Å². The van der Waals surface area contributed by atoms with E-state index in [2.05, 4.69) is 64.0 Å². The zero-order valence-corrected chi connectivity index (χ0v) is 18.8. The highest BCUT2D eigenvalue weighted by Gasteiger charge is 2.28. The third-order valence-corrected chi connectivity index (χ3v) is 7.95. The Kier molecular flexibility index (Phi) is 3.11. The van der Waals surface area contributed by atoms with Crippen molar-refractivity contribution in [2.45, 2.75) is 12.8 Å². The molecule has 2 aliphatic rings. The number of pyridine rings is 3. The summed E-state index contributed by atoms with van der Waals surface area (Å²) in [6.07, 6.45) is 7.53. The van der Waals surface area contributed by atoms with E-state index in [0.29, 0.717) is 0 Å². The summed E-state index contributed by atoms with van der Waals surface area (Å²) in [7, 11) is 0. The van der Waals surface area contributed by atoms with Crippen molar-refractivity contribution >= 4 is 38.5 Å². The van der Waals surface area contributed by atoms with Crippen LogP contribution in [0.5, 0.6) is 0 Å². The lowest BCUT2D eigenvalue weighted by Crippen LogP contribution is -1.96. The number of hydrogen-bond donors (Lipinski definition) is 0. The first kappa shape index (κ1) is 17.8. The van der Waals surface area contributed by atoms with Gasteiger partial charge in [-0.15, -0.1) is 0 Å². The molecule has 0 radical (unpaired) electrons. The first-order chi connectivity index (χ1) is 17.3. The molecule has 0 N–H and O–H groups in total. The Balaban J connectivity index is 1.40. The van der Waals surface area contributed by atoms with E-state index in [1.54, 1.807) is 0 Å². The van der Waals surface area contributed by atoms with Crippen LogP contribution in [0.15, 0.2) is 85.3 Å². The van der Waals surface area contributed by atoms with Crippen molar-refractivity contribution in [2.75, 3.05) is 0 Å². The average Bonchev–Trinajstić information content (AvgIpc) is 3.58. The maximum atomic E-state index is 5.02. The van der Waals surface area contributed by atoms with Crippen LogP contribution in [0.25, 0.3) is 60.7 Å². The van der Waals surface area contributed by atoms with Gasteiger partial charge in [0.25, 0.3) is 0 Å². The van der Waals surface area contributed by atoms with Gasteiger partial charge >= 0.3 is 0 Å². The van der Waals surface area contributed by atoms with Crippen LogP contribution in [0.2, 0.25) is 0 Å². The van der Waals surface area contributed by atoms with Crippen LogP contribution in [-0.4, -0.2) is 19.4 Å². The van der Waals surface area contributed by atoms with Crippen LogP contribution in [0, 0.1) is 0 Å². The predicted octanol–water partition coefficient (Wildman–Crippen LogP) is 6.73. The molecule has 2 aliphatic carbocycles. The summed E-state index contributed by atoms with van der Waals surface area (Å²) in [5.41, 5.74) is 16.2. The summed E-state index contributed by atoms with van der Waals surface area (Å²) >= 11 is 0. The molecule has 0 aliphatic heterocycles. The van der Waals surface area contributed by atoms with Gasteiger partial charge in [-0.25, -0.2) is 4.98 Å². The second-order valence-electron chi connectivity index (χ2n) is 9.70. The summed E-state index contributed by atoms with van der Waals surface area (Å²) in [4.78, 5) is 14.2. The van der Waals surface area contributed by atoms with Crippen LogP contribution in [0.3, 0.4) is 0 Å². The van der Waals surface area contributed by atoms with Gasteiger partial charge in [-0.3, -0.25) is 14.4 Å². The zero-order valence-electron chi connectivity index (χ0n) is 18.8. The molecule has 4 heteroatoms. The summed E-state index contributed by atoms with van der Waals surface area (Å²) in [5.74, 6) is 0. The number of hydrogen-bond acceptors (Lipinski definition) is 3. The second kappa shape index (κ2) is 6.10. The van der Waals surface area contributed by atoms with Crippen LogP contribution in [0.4, 0.5) is 0 Å². The fourth-order valence-electron chi connectivity index (χ4n) is 6.49. The van der Waals surface area contributed by atoms with Gasteiger partial charge in [-0.2, -0.15) is 0 Å². The van der Waals surface area contributed by atoms with Crippen molar-refractivity contribution in [1.29, 1.82) is 0 Å². The largest absolute Gasteiger partial charge is 0.290 e. The van der Waals surface area contributed by atoms with Gasteiger partial charge in [0.1, 0.15) is 11.2 Å². The van der Waals surface area contributed by atoms with Crippen molar-refractivity contribution in [2.24, 2.45) is 0 Å². The highest BCUT2D eigenvalue weighted by atomic mass is 15.0. The average molecular weight is 447 g/mol. The minimum Gasteiger partial charge on any atom is -0.290 e. The molecule has 0 atom stereocenters. The first-order valence-electron chi connectivity index (χ1n) is 12.0. The number of rotatable bonds is 0. The standard InChI is InChI=1S/C31H18N4/c1-2-5-20-17(4-1)12-18-13-19-14-25-21(24(19)15-23(18)20)7-8-22-29(25)30-28(6-3-10-33-30)35-27-9-11-32-16-26(27)34-31(22)35/h1-11,13,15-16H,12,14H2. The van der Waals surface area contributed by atoms with E-state index in [-0.39, 0.29) is 0 Å². The molecule has 0 saturated carbocycles. The van der Waals surface area contributed by atoms with Crippen LogP contribution in [0.1, 0.15) is 22.3 Å². The molecule has 162 valence electrons. The molecule has 0 fully saturated rings. The monoisotopic (exact) mass is 446 g/mol. The molecule has 0 bridgehead atoms. The molecule has 4 nitrogen and oxygen atoms in total. The minimum atomic E-state index is 0.907. The van der Waals surface area contributed by atoms with Gasteiger partial charge in [0, 0.05) is 23.2 Å². The summed E-state index contributed by atoms with van der Waals surface area (Å²) in [6, 6.07) is 24.4. The third-order valence-electron chi connectivity index (χ3n) is 7.95. The van der Waals surface area contributed by atoms with Gasteiger partial charge in [0.2, 0.25) is 0 Å². The van der Waals surface area contributed by atoms with Gasteiger partial charge in [0.15, 0.2) is 0 Å². The maximum absolute atomic E-state index is 5.02. The summed E-state index contributed by atoms with van der Waals surface area (Å²) in [6.45, 7) is 0. The molecule has 0 saturated heterocycles. The Morgan fingerprint density at radius 3 is 2.60 bits per heavy atom. The van der Waals surface area contributed by atoms with E-state index in [1.807, 2.05) is 30.7 Å². The van der Waals surface area contributed by atoms with Gasteiger partial charge in [-0.1, -0.05) is 36.4 Å². The van der Waals surface area contributed by atoms with E-state index in [0.717, 1.165) is 45.9 Å². The Hall–Kier alpha value is -4.57. The molecule has 9 rings (SSSR count). The van der Waals surface area contributed by atoms with Gasteiger partial charge in [-0.05, 0) is 87.7 Å². The van der Waals surface area contributed by atoms with Gasteiger partial charge in [0.05, 0.1) is 22.7 Å². The molecule has 7 aromatic rings. The lowest BCUT2D eigenvalue weighted by Gasteiger charge is -2.12. The lowest BCUT2D eigenvalue weighted by atomic mass is 9.96. The summed E-state index contributed by atoms with van der Waals surface area (Å²) in [5, 5.41) is 2.38. The highest BCUT2D eigenvalue weighted by Crippen LogP contribution is 2.47. The van der Waals surface area contributed by atoms with Crippen molar-refractivity contribution in [3.8, 4) is 22.3 Å². The topological polar surface area (TPSA) is 43.1 Å². The fourth-order valence-corrected chi connectivity index (χ4v) is 6.49. The summed E-state index contributed by atoms with van der Waals surface area (Å²) < 4.78 is 2.24. The van der Waals surface area contributed by atoms with Crippen molar-refractivity contribution < 1.29 is 0 Å². The Bertz CT molecular complexity index is 2070. The van der Waals surface area contributed by atoms with Crippen molar-refractivity contribution in [1.82, 2.24) is 19.4 Å². The predicted molar refractivity (Wildman–Crippen MR) is 140 cm³/mol. The Labute approximate surface area is 200 Å². The van der Waals surface area contributed by atoms with E-state index in [9.17, 15) is 0 Å². The zero-order chi connectivity index (χ0) is 22.7. The van der Waals surface area contributed by atoms with Crippen molar-refractivity contribution in [3.63, 3.8) is 0 Å². The molecular weight excluding hydrogens is 428 g/mol. The molecule has 0 unspecified atom stereocenters. The lowest BCUT2D eigenvalue weighted by molar-refractivity contribution is 1.22. The molecule has 35 heavy (non-hydrogen) atoms. The molecular formula is C31H18N4. The van der Waals surface area contributed by atoms with E-state index < -0.39 is 0 Å². The fraction of sp³-hybridized carbons (Fsp3) is 0.0645. The van der Waals surface area contributed by atoms with E-state index in [1.165, 1.54) is 49.9 Å². The number of benzene rings is 3. The quantitative estimate of drug-likeness (QED) is 0.243. The SMILES string of the molecule is c1ccc2c(c1)Cc1cc3c(cc1-2)-c1ccc2c(c1C3)c1ncccc1n1c3ccncc3nc21. The second-order valence-corrected chi connectivity index (χ2v) is 9.70. The number of imidazole rings is 1. The Morgan fingerprint density at radius 1 is 0.686 bits per heavy atom. The van der Waals surface area contributed by atoms with Crippen LogP contribution >= 0.6 is 0 Å². The normalized spacial score (nSPS) is 13.5. The molecule has 0 spiro atoms. The molecule has 4 heterocycles. The molecule has 3 aromatic carbocycles. The maximum Gasteiger partial charge on any atom is 0.146 e. The smallest absolute Gasteiger partial charge is 0.146 e. The minimum absolute atomic E-state index is 0.907. The molecule has 4 aromatic heterocycles.